The Balaban J connectivity index is 2.06. The zero-order valence-corrected chi connectivity index (χ0v) is 18.2. The summed E-state index contributed by atoms with van der Waals surface area (Å²) in [5.41, 5.74) is 1.08. The fourth-order valence-corrected chi connectivity index (χ4v) is 3.55. The van der Waals surface area contributed by atoms with E-state index in [2.05, 4.69) is 40.1 Å². The lowest BCUT2D eigenvalue weighted by Gasteiger charge is -2.21. The number of benzene rings is 1. The van der Waals surface area contributed by atoms with Crippen LogP contribution in [0.15, 0.2) is 34.1 Å². The number of hydrogen-bond donors (Lipinski definition) is 1. The van der Waals surface area contributed by atoms with Gasteiger partial charge in [-0.15, -0.1) is 11.3 Å². The van der Waals surface area contributed by atoms with Gasteiger partial charge in [-0.1, -0.05) is 42.6 Å². The molecule has 0 saturated heterocycles. The quantitative estimate of drug-likeness (QED) is 0.523. The van der Waals surface area contributed by atoms with Crippen LogP contribution < -0.4 is 5.32 Å². The molecule has 0 radical (unpaired) electrons. The number of nitrogens with one attached hydrogen (secondary N) is 1. The molecule has 0 aliphatic heterocycles. The first-order chi connectivity index (χ1) is 13.0. The van der Waals surface area contributed by atoms with Crippen molar-refractivity contribution >= 4 is 39.1 Å². The van der Waals surface area contributed by atoms with Gasteiger partial charge in [-0.25, -0.2) is 4.98 Å². The molecule has 2 amide bonds. The number of unbranched alkanes of at least 4 members (excludes halogenated alkanes) is 2. The molecule has 146 valence electrons. The van der Waals surface area contributed by atoms with E-state index < -0.39 is 0 Å². The molecule has 5 nitrogen and oxygen atoms in total. The number of amides is 2. The molecule has 1 aromatic heterocycles. The van der Waals surface area contributed by atoms with E-state index in [1.54, 1.807) is 5.38 Å². The highest BCUT2D eigenvalue weighted by Crippen LogP contribution is 2.17. The van der Waals surface area contributed by atoms with Gasteiger partial charge < -0.3 is 10.2 Å². The van der Waals surface area contributed by atoms with Gasteiger partial charge in [0.1, 0.15) is 10.7 Å². The third-order valence-electron chi connectivity index (χ3n) is 4.09. The second-order valence-corrected chi connectivity index (χ2v) is 8.18. The Morgan fingerprint density at radius 3 is 2.52 bits per heavy atom. The number of carbonyl (C=O) groups is 2. The zero-order valence-electron chi connectivity index (χ0n) is 15.8. The van der Waals surface area contributed by atoms with Gasteiger partial charge in [0.05, 0.1) is 6.54 Å². The fraction of sp³-hybridized carbons (Fsp3) is 0.450. The standard InChI is InChI=1S/C20H26BrN3O2S/c1-3-5-11-22-19(25)17-14-27-18(23-17)13-24(12-6-4-2)20(26)15-7-9-16(21)10-8-15/h7-10,14H,3-6,11-13H2,1-2H3,(H,22,25). The smallest absolute Gasteiger partial charge is 0.270 e. The van der Waals surface area contributed by atoms with Gasteiger partial charge in [0.25, 0.3) is 11.8 Å². The summed E-state index contributed by atoms with van der Waals surface area (Å²) in [6, 6.07) is 7.38. The SMILES string of the molecule is CCCCNC(=O)c1csc(CN(CCCC)C(=O)c2ccc(Br)cc2)n1. The molecule has 2 rings (SSSR count). The topological polar surface area (TPSA) is 62.3 Å². The number of halogens is 1. The van der Waals surface area contributed by atoms with Crippen LogP contribution in [0.3, 0.4) is 0 Å². The van der Waals surface area contributed by atoms with E-state index in [1.165, 1.54) is 11.3 Å². The Hall–Kier alpha value is -1.73. The van der Waals surface area contributed by atoms with Crippen LogP contribution in [-0.4, -0.2) is 34.8 Å². The predicted octanol–water partition coefficient (Wildman–Crippen LogP) is 4.88. The summed E-state index contributed by atoms with van der Waals surface area (Å²) in [7, 11) is 0. The molecule has 0 aliphatic rings. The predicted molar refractivity (Wildman–Crippen MR) is 113 cm³/mol. The molecule has 2 aromatic rings. The average molecular weight is 452 g/mol. The molecule has 0 atom stereocenters. The minimum absolute atomic E-state index is 0.0138. The van der Waals surface area contributed by atoms with Gasteiger partial charge in [-0.2, -0.15) is 0 Å². The number of hydrogen-bond acceptors (Lipinski definition) is 4. The van der Waals surface area contributed by atoms with Crippen LogP contribution >= 0.6 is 27.3 Å². The van der Waals surface area contributed by atoms with Crippen molar-refractivity contribution in [3.8, 4) is 0 Å². The zero-order chi connectivity index (χ0) is 19.6. The molecule has 0 fully saturated rings. The number of nitrogens with zero attached hydrogens (tertiary/aromatic N) is 2. The molecule has 0 unspecified atom stereocenters. The Labute approximate surface area is 173 Å². The monoisotopic (exact) mass is 451 g/mol. The molecule has 1 heterocycles. The van der Waals surface area contributed by atoms with E-state index in [0.717, 1.165) is 35.2 Å². The van der Waals surface area contributed by atoms with E-state index in [9.17, 15) is 9.59 Å². The van der Waals surface area contributed by atoms with Crippen molar-refractivity contribution in [2.75, 3.05) is 13.1 Å². The van der Waals surface area contributed by atoms with Crippen LogP contribution in [-0.2, 0) is 6.54 Å². The Bertz CT molecular complexity index is 746. The van der Waals surface area contributed by atoms with E-state index in [-0.39, 0.29) is 11.8 Å². The number of aromatic nitrogens is 1. The van der Waals surface area contributed by atoms with Gasteiger partial charge in [0.2, 0.25) is 0 Å². The highest BCUT2D eigenvalue weighted by atomic mass is 79.9. The number of carbonyl (C=O) groups excluding carboxylic acids is 2. The van der Waals surface area contributed by atoms with Gasteiger partial charge in [0, 0.05) is 28.5 Å². The lowest BCUT2D eigenvalue weighted by molar-refractivity contribution is 0.0740. The van der Waals surface area contributed by atoms with Crippen molar-refractivity contribution in [1.82, 2.24) is 15.2 Å². The molecule has 1 aromatic carbocycles. The molecular weight excluding hydrogens is 426 g/mol. The van der Waals surface area contributed by atoms with Gasteiger partial charge >= 0.3 is 0 Å². The molecule has 1 N–H and O–H groups in total. The van der Waals surface area contributed by atoms with Crippen LogP contribution in [0.5, 0.6) is 0 Å². The molecule has 0 bridgehead atoms. The Morgan fingerprint density at radius 2 is 1.85 bits per heavy atom. The van der Waals surface area contributed by atoms with Gasteiger partial charge in [-0.3, -0.25) is 9.59 Å². The third kappa shape index (κ3) is 6.74. The van der Waals surface area contributed by atoms with Crippen molar-refractivity contribution in [3.63, 3.8) is 0 Å². The summed E-state index contributed by atoms with van der Waals surface area (Å²) in [4.78, 5) is 31.3. The molecule has 0 spiro atoms. The lowest BCUT2D eigenvalue weighted by Crippen LogP contribution is -2.31. The summed E-state index contributed by atoms with van der Waals surface area (Å²) >= 11 is 4.82. The fourth-order valence-electron chi connectivity index (χ4n) is 2.50. The summed E-state index contributed by atoms with van der Waals surface area (Å²) in [6.45, 7) is 5.93. The Morgan fingerprint density at radius 1 is 1.15 bits per heavy atom. The van der Waals surface area contributed by atoms with Crippen LogP contribution in [0.2, 0.25) is 0 Å². The maximum Gasteiger partial charge on any atom is 0.270 e. The summed E-state index contributed by atoms with van der Waals surface area (Å²) in [6.07, 6.45) is 3.92. The largest absolute Gasteiger partial charge is 0.351 e. The third-order valence-corrected chi connectivity index (χ3v) is 5.45. The van der Waals surface area contributed by atoms with Crippen LogP contribution in [0.1, 0.15) is 65.4 Å². The van der Waals surface area contributed by atoms with Gasteiger partial charge in [-0.05, 0) is 37.1 Å². The van der Waals surface area contributed by atoms with Crippen molar-refractivity contribution in [2.45, 2.75) is 46.1 Å². The first-order valence-electron chi connectivity index (χ1n) is 9.32. The Kier molecular flexibility index (Phi) is 8.94. The molecule has 27 heavy (non-hydrogen) atoms. The van der Waals surface area contributed by atoms with Gasteiger partial charge in [0.15, 0.2) is 0 Å². The number of rotatable bonds is 10. The lowest BCUT2D eigenvalue weighted by atomic mass is 10.2. The maximum atomic E-state index is 12.9. The van der Waals surface area contributed by atoms with Crippen LogP contribution in [0.4, 0.5) is 0 Å². The first kappa shape index (κ1) is 21.6. The van der Waals surface area contributed by atoms with Crippen molar-refractivity contribution in [1.29, 1.82) is 0 Å². The highest BCUT2D eigenvalue weighted by Gasteiger charge is 2.18. The van der Waals surface area contributed by atoms with E-state index in [4.69, 9.17) is 0 Å². The second kappa shape index (κ2) is 11.2. The van der Waals surface area contributed by atoms with E-state index >= 15 is 0 Å². The summed E-state index contributed by atoms with van der Waals surface area (Å²) < 4.78 is 0.942. The molecule has 0 aliphatic carbocycles. The minimum Gasteiger partial charge on any atom is -0.351 e. The van der Waals surface area contributed by atoms with E-state index in [0.29, 0.717) is 30.9 Å². The molecule has 7 heteroatoms. The maximum absolute atomic E-state index is 12.9. The second-order valence-electron chi connectivity index (χ2n) is 6.32. The molecular formula is C20H26BrN3O2S. The average Bonchev–Trinajstić information content (AvgIpc) is 3.14. The number of thiazole rings is 1. The van der Waals surface area contributed by atoms with Crippen LogP contribution in [0, 0.1) is 0 Å². The molecule has 0 saturated carbocycles. The normalized spacial score (nSPS) is 10.6. The van der Waals surface area contributed by atoms with Crippen molar-refractivity contribution < 1.29 is 9.59 Å². The van der Waals surface area contributed by atoms with Crippen molar-refractivity contribution in [3.05, 3.63) is 50.4 Å². The first-order valence-corrected chi connectivity index (χ1v) is 11.0. The van der Waals surface area contributed by atoms with Crippen LogP contribution in [0.25, 0.3) is 0 Å². The summed E-state index contributed by atoms with van der Waals surface area (Å²) in [5, 5.41) is 5.41. The summed E-state index contributed by atoms with van der Waals surface area (Å²) in [5.74, 6) is -0.162. The highest BCUT2D eigenvalue weighted by molar-refractivity contribution is 9.10. The van der Waals surface area contributed by atoms with Crippen molar-refractivity contribution in [2.24, 2.45) is 0 Å². The van der Waals surface area contributed by atoms with E-state index in [1.807, 2.05) is 29.2 Å². The minimum atomic E-state index is -0.148.